The molecule has 0 atom stereocenters. The van der Waals surface area contributed by atoms with Gasteiger partial charge in [-0.15, -0.1) is 24.0 Å². The third kappa shape index (κ3) is 9.29. The molecule has 1 rings (SSSR count). The van der Waals surface area contributed by atoms with Crippen LogP contribution in [0.2, 0.25) is 0 Å². The summed E-state index contributed by atoms with van der Waals surface area (Å²) < 4.78 is 0. The molecule has 2 amide bonds. The van der Waals surface area contributed by atoms with Gasteiger partial charge in [0, 0.05) is 45.6 Å². The van der Waals surface area contributed by atoms with Gasteiger partial charge in [0.1, 0.15) is 0 Å². The predicted molar refractivity (Wildman–Crippen MR) is 107 cm³/mol. The summed E-state index contributed by atoms with van der Waals surface area (Å²) >= 11 is 0. The van der Waals surface area contributed by atoms with Crippen molar-refractivity contribution in [1.29, 1.82) is 0 Å². The number of carbonyl (C=O) groups excluding carboxylic acids is 2. The molecule has 0 unspecified atom stereocenters. The number of nitrogens with zero attached hydrogens (tertiary/aromatic N) is 3. The van der Waals surface area contributed by atoms with Gasteiger partial charge in [0.2, 0.25) is 11.8 Å². The molecule has 24 heavy (non-hydrogen) atoms. The Hall–Kier alpha value is -1.06. The second-order valence-electron chi connectivity index (χ2n) is 6.48. The van der Waals surface area contributed by atoms with E-state index in [1.807, 2.05) is 23.6 Å². The molecule has 0 aliphatic carbocycles. The summed E-state index contributed by atoms with van der Waals surface area (Å²) in [6.45, 7) is 7.32. The molecule has 1 heterocycles. The van der Waals surface area contributed by atoms with Gasteiger partial charge in [-0.2, -0.15) is 0 Å². The highest BCUT2D eigenvalue weighted by molar-refractivity contribution is 14.0. The molecule has 0 bridgehead atoms. The Morgan fingerprint density at radius 3 is 2.00 bits per heavy atom. The number of unbranched alkanes of at least 4 members (excludes halogenated alkanes) is 2. The van der Waals surface area contributed by atoms with E-state index in [1.165, 1.54) is 0 Å². The van der Waals surface area contributed by atoms with Crippen molar-refractivity contribution in [3.05, 3.63) is 0 Å². The maximum atomic E-state index is 12.1. The first kappa shape index (κ1) is 22.9. The van der Waals surface area contributed by atoms with E-state index in [-0.39, 0.29) is 41.8 Å². The lowest BCUT2D eigenvalue weighted by Gasteiger charge is -2.35. The number of hydrogen-bond donors (Lipinski definition) is 2. The van der Waals surface area contributed by atoms with Crippen LogP contribution in [0.25, 0.3) is 0 Å². The van der Waals surface area contributed by atoms with Gasteiger partial charge >= 0.3 is 0 Å². The van der Waals surface area contributed by atoms with E-state index < -0.39 is 0 Å². The van der Waals surface area contributed by atoms with E-state index in [2.05, 4.69) is 4.99 Å². The lowest BCUT2D eigenvalue weighted by molar-refractivity contribution is -0.140. The number of rotatable bonds is 8. The Morgan fingerprint density at radius 1 is 0.958 bits per heavy atom. The van der Waals surface area contributed by atoms with Crippen molar-refractivity contribution in [2.45, 2.75) is 46.0 Å². The van der Waals surface area contributed by atoms with E-state index in [9.17, 15) is 9.59 Å². The van der Waals surface area contributed by atoms with Crippen LogP contribution in [0.3, 0.4) is 0 Å². The van der Waals surface area contributed by atoms with Gasteiger partial charge in [-0.05, 0) is 18.8 Å². The monoisotopic (exact) mass is 453 g/mol. The van der Waals surface area contributed by atoms with Crippen LogP contribution in [-0.2, 0) is 9.59 Å². The topological polar surface area (TPSA) is 105 Å². The van der Waals surface area contributed by atoms with Crippen LogP contribution in [0.5, 0.6) is 0 Å². The van der Waals surface area contributed by atoms with Gasteiger partial charge < -0.3 is 21.3 Å². The molecule has 4 N–H and O–H groups in total. The first-order valence-electron chi connectivity index (χ1n) is 8.51. The third-order valence-corrected chi connectivity index (χ3v) is 3.91. The molecule has 0 radical (unpaired) electrons. The molecule has 7 nitrogen and oxygen atoms in total. The fraction of sp³-hybridized carbons (Fsp3) is 0.812. The zero-order chi connectivity index (χ0) is 17.2. The van der Waals surface area contributed by atoms with Gasteiger partial charge in [-0.3, -0.25) is 14.6 Å². The molecule has 0 saturated carbocycles. The van der Waals surface area contributed by atoms with Gasteiger partial charge in [0.25, 0.3) is 0 Å². The quantitative estimate of drug-likeness (QED) is 0.249. The first-order chi connectivity index (χ1) is 10.9. The smallest absolute Gasteiger partial charge is 0.222 e. The largest absolute Gasteiger partial charge is 0.370 e. The Bertz CT molecular complexity index is 417. The van der Waals surface area contributed by atoms with E-state index >= 15 is 0 Å². The van der Waals surface area contributed by atoms with Gasteiger partial charge in [-0.25, -0.2) is 0 Å². The predicted octanol–water partition coefficient (Wildman–Crippen LogP) is 1.16. The summed E-state index contributed by atoms with van der Waals surface area (Å²) in [7, 11) is 0. The fourth-order valence-corrected chi connectivity index (χ4v) is 2.61. The van der Waals surface area contributed by atoms with Crippen molar-refractivity contribution in [2.75, 3.05) is 32.7 Å². The Labute approximate surface area is 162 Å². The molecule has 1 saturated heterocycles. The number of amides is 2. The molecule has 1 aliphatic rings. The van der Waals surface area contributed by atoms with Crippen LogP contribution in [0.1, 0.15) is 46.0 Å². The summed E-state index contributed by atoms with van der Waals surface area (Å²) in [6.07, 6.45) is 3.83. The fourth-order valence-electron chi connectivity index (χ4n) is 2.61. The minimum atomic E-state index is 0. The number of carbonyl (C=O) groups is 2. The summed E-state index contributed by atoms with van der Waals surface area (Å²) in [4.78, 5) is 31.8. The number of guanidine groups is 1. The van der Waals surface area contributed by atoms with Crippen LogP contribution >= 0.6 is 24.0 Å². The highest BCUT2D eigenvalue weighted by atomic mass is 127. The second kappa shape index (κ2) is 12.3. The number of halogens is 1. The minimum absolute atomic E-state index is 0. The molecule has 1 aliphatic heterocycles. The van der Waals surface area contributed by atoms with E-state index in [1.54, 1.807) is 0 Å². The van der Waals surface area contributed by atoms with Crippen molar-refractivity contribution in [3.63, 3.8) is 0 Å². The molecule has 8 heteroatoms. The summed E-state index contributed by atoms with van der Waals surface area (Å²) in [5, 5.41) is 0. The Balaban J connectivity index is 0.00000529. The lowest BCUT2D eigenvalue weighted by atomic mass is 10.1. The highest BCUT2D eigenvalue weighted by Gasteiger charge is 2.23. The summed E-state index contributed by atoms with van der Waals surface area (Å²) in [5.41, 5.74) is 10.5. The minimum Gasteiger partial charge on any atom is -0.370 e. The molecule has 0 spiro atoms. The van der Waals surface area contributed by atoms with Crippen molar-refractivity contribution >= 4 is 41.8 Å². The first-order valence-corrected chi connectivity index (χ1v) is 8.51. The Morgan fingerprint density at radius 2 is 1.50 bits per heavy atom. The average molecular weight is 453 g/mol. The van der Waals surface area contributed by atoms with Crippen molar-refractivity contribution in [1.82, 2.24) is 9.80 Å². The second-order valence-corrected chi connectivity index (χ2v) is 6.48. The van der Waals surface area contributed by atoms with Gasteiger partial charge in [0.15, 0.2) is 5.96 Å². The summed E-state index contributed by atoms with van der Waals surface area (Å²) in [5.74, 6) is 0.877. The molecular formula is C16H32IN5O2. The van der Waals surface area contributed by atoms with Crippen molar-refractivity contribution in [3.8, 4) is 0 Å². The maximum Gasteiger partial charge on any atom is 0.222 e. The highest BCUT2D eigenvalue weighted by Crippen LogP contribution is 2.10. The van der Waals surface area contributed by atoms with E-state index in [0.29, 0.717) is 51.5 Å². The SMILES string of the molecule is CC(C)CC(=O)N1CCN(C(=O)CCCCCN=C(N)N)CC1.I. The zero-order valence-corrected chi connectivity index (χ0v) is 17.2. The van der Waals surface area contributed by atoms with E-state index in [4.69, 9.17) is 11.5 Å². The number of hydrogen-bond acceptors (Lipinski definition) is 3. The molecular weight excluding hydrogens is 421 g/mol. The molecule has 0 aromatic rings. The van der Waals surface area contributed by atoms with Crippen LogP contribution in [0, 0.1) is 5.92 Å². The van der Waals surface area contributed by atoms with Crippen molar-refractivity contribution < 1.29 is 9.59 Å². The van der Waals surface area contributed by atoms with Crippen LogP contribution < -0.4 is 11.5 Å². The molecule has 0 aromatic carbocycles. The van der Waals surface area contributed by atoms with Crippen LogP contribution in [0.4, 0.5) is 0 Å². The van der Waals surface area contributed by atoms with Crippen LogP contribution in [0.15, 0.2) is 4.99 Å². The normalized spacial score (nSPS) is 14.3. The Kier molecular flexibility index (Phi) is 11.8. The summed E-state index contributed by atoms with van der Waals surface area (Å²) in [6, 6.07) is 0. The number of piperazine rings is 1. The van der Waals surface area contributed by atoms with Gasteiger partial charge in [0.05, 0.1) is 0 Å². The molecule has 0 aromatic heterocycles. The lowest BCUT2D eigenvalue weighted by Crippen LogP contribution is -2.50. The average Bonchev–Trinajstić information content (AvgIpc) is 2.49. The number of aliphatic imine (C=N–C) groups is 1. The molecule has 140 valence electrons. The van der Waals surface area contributed by atoms with E-state index in [0.717, 1.165) is 19.3 Å². The zero-order valence-electron chi connectivity index (χ0n) is 14.9. The number of nitrogens with two attached hydrogens (primary N) is 2. The van der Waals surface area contributed by atoms with Crippen molar-refractivity contribution in [2.24, 2.45) is 22.4 Å². The maximum absolute atomic E-state index is 12.1. The van der Waals surface area contributed by atoms with Gasteiger partial charge in [-0.1, -0.05) is 20.3 Å². The third-order valence-electron chi connectivity index (χ3n) is 3.91. The standard InChI is InChI=1S/C16H31N5O2.HI/c1-13(2)12-15(23)21-10-8-20(9-11-21)14(22)6-4-3-5-7-19-16(17)18;/h13H,3-12H2,1-2H3,(H4,17,18,19);1H. The molecule has 1 fully saturated rings. The van der Waals surface area contributed by atoms with Crippen LogP contribution in [-0.4, -0.2) is 60.3 Å².